The Hall–Kier alpha value is -1.35. The summed E-state index contributed by atoms with van der Waals surface area (Å²) in [7, 11) is 0. The number of halogens is 3. The van der Waals surface area contributed by atoms with Crippen molar-refractivity contribution in [1.29, 1.82) is 5.26 Å². The molecule has 0 bridgehead atoms. The van der Waals surface area contributed by atoms with Crippen LogP contribution >= 0.6 is 39.1 Å². The van der Waals surface area contributed by atoms with E-state index in [-0.39, 0.29) is 11.4 Å². The predicted molar refractivity (Wildman–Crippen MR) is 71.0 cm³/mol. The van der Waals surface area contributed by atoms with Crippen LogP contribution in [0.1, 0.15) is 5.56 Å². The molecule has 0 spiro atoms. The number of rotatable bonds is 2. The van der Waals surface area contributed by atoms with Crippen molar-refractivity contribution in [1.82, 2.24) is 9.97 Å². The molecule has 2 aromatic rings. The summed E-state index contributed by atoms with van der Waals surface area (Å²) in [6.45, 7) is 0. The third-order valence-electron chi connectivity index (χ3n) is 1.98. The van der Waals surface area contributed by atoms with Crippen molar-refractivity contribution in [2.45, 2.75) is 0 Å². The van der Waals surface area contributed by atoms with Gasteiger partial charge in [0.25, 0.3) is 0 Å². The van der Waals surface area contributed by atoms with Crippen LogP contribution in [0.5, 0.6) is 11.6 Å². The third-order valence-corrected chi connectivity index (χ3v) is 3.47. The summed E-state index contributed by atoms with van der Waals surface area (Å²) in [5, 5.41) is 9.69. The molecular formula is C11H4BrCl2N3O. The number of aromatic nitrogens is 2. The normalized spacial score (nSPS) is 9.89. The van der Waals surface area contributed by atoms with Crippen molar-refractivity contribution in [3.8, 4) is 17.7 Å². The standard InChI is InChI=1S/C11H4BrCl2N3O/c12-7-1-9(14)10(2-8(7)13)18-11-6(3-15)4-16-5-17-11/h1-2,4-5H. The molecule has 7 heteroatoms. The lowest BCUT2D eigenvalue weighted by atomic mass is 10.3. The zero-order chi connectivity index (χ0) is 13.1. The minimum atomic E-state index is 0.132. The highest BCUT2D eigenvalue weighted by molar-refractivity contribution is 9.10. The van der Waals surface area contributed by atoms with E-state index in [4.69, 9.17) is 33.2 Å². The zero-order valence-electron chi connectivity index (χ0n) is 8.69. The largest absolute Gasteiger partial charge is 0.436 e. The number of ether oxygens (including phenoxy) is 1. The van der Waals surface area contributed by atoms with Crippen LogP contribution in [-0.2, 0) is 0 Å². The average Bonchev–Trinajstić information content (AvgIpc) is 2.36. The van der Waals surface area contributed by atoms with Gasteiger partial charge in [0, 0.05) is 10.5 Å². The Morgan fingerprint density at radius 1 is 1.28 bits per heavy atom. The molecule has 1 heterocycles. The van der Waals surface area contributed by atoms with Gasteiger partial charge in [-0.05, 0) is 22.0 Å². The molecule has 0 N–H and O–H groups in total. The lowest BCUT2D eigenvalue weighted by Gasteiger charge is -2.08. The Morgan fingerprint density at radius 2 is 2.06 bits per heavy atom. The minimum Gasteiger partial charge on any atom is -0.436 e. The molecule has 1 aromatic carbocycles. The van der Waals surface area contributed by atoms with Crippen LogP contribution in [0.3, 0.4) is 0 Å². The van der Waals surface area contributed by atoms with Crippen LogP contribution in [0.2, 0.25) is 10.0 Å². The van der Waals surface area contributed by atoms with Crippen molar-refractivity contribution < 1.29 is 4.74 Å². The van der Waals surface area contributed by atoms with Gasteiger partial charge in [-0.1, -0.05) is 23.2 Å². The monoisotopic (exact) mass is 343 g/mol. The predicted octanol–water partition coefficient (Wildman–Crippen LogP) is 4.21. The van der Waals surface area contributed by atoms with E-state index in [9.17, 15) is 0 Å². The number of nitriles is 1. The molecule has 2 rings (SSSR count). The fraction of sp³-hybridized carbons (Fsp3) is 0. The average molecular weight is 345 g/mol. The second-order valence-corrected chi connectivity index (χ2v) is 4.82. The van der Waals surface area contributed by atoms with Crippen molar-refractivity contribution in [2.75, 3.05) is 0 Å². The SMILES string of the molecule is N#Cc1cncnc1Oc1cc(Cl)c(Br)cc1Cl. The van der Waals surface area contributed by atoms with Crippen LogP contribution in [0.4, 0.5) is 0 Å². The van der Waals surface area contributed by atoms with Gasteiger partial charge in [0.1, 0.15) is 23.7 Å². The number of hydrogen-bond acceptors (Lipinski definition) is 4. The van der Waals surface area contributed by atoms with Crippen LogP contribution in [0.15, 0.2) is 29.1 Å². The fourth-order valence-corrected chi connectivity index (χ4v) is 1.99. The Bertz CT molecular complexity index is 643. The fourth-order valence-electron chi connectivity index (χ4n) is 1.16. The van der Waals surface area contributed by atoms with Crippen molar-refractivity contribution >= 4 is 39.1 Å². The molecule has 0 fully saturated rings. The molecule has 0 aliphatic heterocycles. The van der Waals surface area contributed by atoms with Gasteiger partial charge in [0.05, 0.1) is 16.2 Å². The Balaban J connectivity index is 2.41. The van der Waals surface area contributed by atoms with Crippen molar-refractivity contribution in [2.24, 2.45) is 0 Å². The molecule has 0 unspecified atom stereocenters. The third kappa shape index (κ3) is 2.72. The molecule has 0 amide bonds. The first-order chi connectivity index (χ1) is 8.61. The molecule has 0 aliphatic carbocycles. The molecule has 0 saturated heterocycles. The summed E-state index contributed by atoms with van der Waals surface area (Å²) < 4.78 is 6.11. The summed E-state index contributed by atoms with van der Waals surface area (Å²) in [5.41, 5.74) is 0.215. The first-order valence-electron chi connectivity index (χ1n) is 4.64. The number of nitrogens with zero attached hydrogens (tertiary/aromatic N) is 3. The van der Waals surface area contributed by atoms with Gasteiger partial charge in [-0.3, -0.25) is 0 Å². The van der Waals surface area contributed by atoms with Gasteiger partial charge >= 0.3 is 0 Å². The van der Waals surface area contributed by atoms with E-state index < -0.39 is 0 Å². The highest BCUT2D eigenvalue weighted by Gasteiger charge is 2.11. The molecule has 18 heavy (non-hydrogen) atoms. The van der Waals surface area contributed by atoms with Crippen LogP contribution in [-0.4, -0.2) is 9.97 Å². The van der Waals surface area contributed by atoms with Crippen molar-refractivity contribution in [3.05, 3.63) is 44.7 Å². The quantitative estimate of drug-likeness (QED) is 0.765. The van der Waals surface area contributed by atoms with Crippen LogP contribution in [0, 0.1) is 11.3 Å². The maximum Gasteiger partial charge on any atom is 0.240 e. The highest BCUT2D eigenvalue weighted by Crippen LogP contribution is 2.36. The van der Waals surface area contributed by atoms with Crippen LogP contribution in [0.25, 0.3) is 0 Å². The van der Waals surface area contributed by atoms with Crippen LogP contribution < -0.4 is 4.74 Å². The Kier molecular flexibility index (Phi) is 4.02. The van der Waals surface area contributed by atoms with Crippen molar-refractivity contribution in [3.63, 3.8) is 0 Å². The lowest BCUT2D eigenvalue weighted by Crippen LogP contribution is -1.93. The Morgan fingerprint density at radius 3 is 2.78 bits per heavy atom. The first-order valence-corrected chi connectivity index (χ1v) is 6.19. The second kappa shape index (κ2) is 5.53. The number of hydrogen-bond donors (Lipinski definition) is 0. The van der Waals surface area contributed by atoms with E-state index in [1.807, 2.05) is 6.07 Å². The molecule has 0 saturated carbocycles. The first kappa shape index (κ1) is 13.1. The van der Waals surface area contributed by atoms with Gasteiger partial charge < -0.3 is 4.74 Å². The van der Waals surface area contributed by atoms with E-state index in [1.165, 1.54) is 18.6 Å². The van der Waals surface area contributed by atoms with E-state index >= 15 is 0 Å². The topological polar surface area (TPSA) is 58.8 Å². The maximum absolute atomic E-state index is 8.89. The zero-order valence-corrected chi connectivity index (χ0v) is 11.8. The Labute approximate surface area is 121 Å². The smallest absolute Gasteiger partial charge is 0.240 e. The minimum absolute atomic E-state index is 0.132. The molecule has 90 valence electrons. The second-order valence-electron chi connectivity index (χ2n) is 3.15. The maximum atomic E-state index is 8.89. The van der Waals surface area contributed by atoms with Gasteiger partial charge in [-0.2, -0.15) is 5.26 Å². The summed E-state index contributed by atoms with van der Waals surface area (Å²) in [5.74, 6) is 0.452. The molecule has 0 radical (unpaired) electrons. The molecular weight excluding hydrogens is 341 g/mol. The van der Waals surface area contributed by atoms with Gasteiger partial charge in [0.2, 0.25) is 5.88 Å². The summed E-state index contributed by atoms with van der Waals surface area (Å²) in [4.78, 5) is 7.60. The highest BCUT2D eigenvalue weighted by atomic mass is 79.9. The summed E-state index contributed by atoms with van der Waals surface area (Å²) in [6.07, 6.45) is 2.64. The molecule has 0 atom stereocenters. The molecule has 0 aliphatic rings. The van der Waals surface area contributed by atoms with E-state index in [0.29, 0.717) is 20.3 Å². The number of benzene rings is 1. The van der Waals surface area contributed by atoms with E-state index in [1.54, 1.807) is 6.07 Å². The van der Waals surface area contributed by atoms with E-state index in [2.05, 4.69) is 25.9 Å². The molecule has 1 aromatic heterocycles. The summed E-state index contributed by atoms with van der Waals surface area (Å²) in [6, 6.07) is 5.07. The van der Waals surface area contributed by atoms with Gasteiger partial charge in [-0.15, -0.1) is 0 Å². The lowest BCUT2D eigenvalue weighted by molar-refractivity contribution is 0.460. The summed E-state index contributed by atoms with van der Waals surface area (Å²) >= 11 is 15.2. The molecule has 4 nitrogen and oxygen atoms in total. The van der Waals surface area contributed by atoms with Gasteiger partial charge in [-0.25, -0.2) is 9.97 Å². The van der Waals surface area contributed by atoms with E-state index in [0.717, 1.165) is 0 Å². The van der Waals surface area contributed by atoms with Gasteiger partial charge in [0.15, 0.2) is 0 Å².